The molecule has 0 saturated carbocycles. The van der Waals surface area contributed by atoms with Crippen LogP contribution < -0.4 is 0 Å². The second-order valence-corrected chi connectivity index (χ2v) is 9.03. The molecule has 0 aliphatic carbocycles. The molecule has 1 nitrogen and oxygen atoms in total. The molecule has 0 bridgehead atoms. The van der Waals surface area contributed by atoms with Crippen LogP contribution in [0.4, 0.5) is 4.39 Å². The van der Waals surface area contributed by atoms with Crippen molar-refractivity contribution in [3.63, 3.8) is 0 Å². The van der Waals surface area contributed by atoms with Crippen molar-refractivity contribution in [1.29, 1.82) is 0 Å². The summed E-state index contributed by atoms with van der Waals surface area (Å²) in [7, 11) is 0. The van der Waals surface area contributed by atoms with Crippen molar-refractivity contribution in [3.8, 4) is 11.1 Å². The van der Waals surface area contributed by atoms with Crippen LogP contribution in [0.2, 0.25) is 0 Å². The molecular formula is C27H31FO. The van der Waals surface area contributed by atoms with E-state index in [0.29, 0.717) is 5.92 Å². The fraction of sp³-hybridized carbons (Fsp3) is 0.407. The lowest BCUT2D eigenvalue weighted by Crippen LogP contribution is -2.18. The minimum Gasteiger partial charge on any atom is -0.373 e. The predicted octanol–water partition coefficient (Wildman–Crippen LogP) is 7.68. The second-order valence-electron chi connectivity index (χ2n) is 9.03. The molecule has 1 saturated heterocycles. The van der Waals surface area contributed by atoms with Crippen LogP contribution >= 0.6 is 0 Å². The van der Waals surface area contributed by atoms with E-state index in [9.17, 15) is 4.39 Å². The summed E-state index contributed by atoms with van der Waals surface area (Å²) in [4.78, 5) is 0. The number of fused-ring (bicyclic) bond motifs is 1. The highest BCUT2D eigenvalue weighted by Gasteiger charge is 2.22. The Bertz CT molecular complexity index is 1060. The van der Waals surface area contributed by atoms with Crippen LogP contribution in [0.1, 0.15) is 59.3 Å². The van der Waals surface area contributed by atoms with Gasteiger partial charge in [0, 0.05) is 6.61 Å². The van der Waals surface area contributed by atoms with Gasteiger partial charge in [-0.05, 0) is 121 Å². The monoisotopic (exact) mass is 390 g/mol. The number of ether oxygens (including phenoxy) is 1. The van der Waals surface area contributed by atoms with Crippen LogP contribution in [-0.2, 0) is 4.74 Å². The molecule has 1 fully saturated rings. The topological polar surface area (TPSA) is 9.23 Å². The molecule has 4 rings (SSSR count). The molecule has 1 aliphatic rings. The maximum Gasteiger partial charge on any atom is 0.126 e. The number of hydrogen-bond donors (Lipinski definition) is 0. The highest BCUT2D eigenvalue weighted by Crippen LogP contribution is 2.39. The lowest BCUT2D eigenvalue weighted by atomic mass is 9.86. The third-order valence-electron chi connectivity index (χ3n) is 6.67. The van der Waals surface area contributed by atoms with E-state index in [1.54, 1.807) is 6.07 Å². The zero-order valence-corrected chi connectivity index (χ0v) is 18.4. The summed E-state index contributed by atoms with van der Waals surface area (Å²) in [5, 5.41) is 2.53. The van der Waals surface area contributed by atoms with Gasteiger partial charge in [0.15, 0.2) is 0 Å². The SMILES string of the molecule is Cc1cc(-c2c(C)cc3cc(C4CCC(C)CO4)cc(C)c3c2C)cc(F)c1C. The maximum absolute atomic E-state index is 14.5. The Morgan fingerprint density at radius 2 is 1.59 bits per heavy atom. The average molecular weight is 391 g/mol. The van der Waals surface area contributed by atoms with Gasteiger partial charge in [0.05, 0.1) is 6.10 Å². The van der Waals surface area contributed by atoms with Gasteiger partial charge in [-0.3, -0.25) is 0 Å². The molecule has 0 N–H and O–H groups in total. The molecule has 2 atom stereocenters. The van der Waals surface area contributed by atoms with Crippen LogP contribution in [0.5, 0.6) is 0 Å². The average Bonchev–Trinajstić information content (AvgIpc) is 2.65. The van der Waals surface area contributed by atoms with E-state index in [1.165, 1.54) is 39.4 Å². The summed E-state index contributed by atoms with van der Waals surface area (Å²) in [6.07, 6.45) is 2.50. The molecule has 29 heavy (non-hydrogen) atoms. The fourth-order valence-electron chi connectivity index (χ4n) is 4.93. The highest BCUT2D eigenvalue weighted by molar-refractivity contribution is 5.96. The molecule has 2 unspecified atom stereocenters. The molecule has 0 aromatic heterocycles. The van der Waals surface area contributed by atoms with Gasteiger partial charge in [0.2, 0.25) is 0 Å². The molecule has 0 radical (unpaired) electrons. The first-order valence-corrected chi connectivity index (χ1v) is 10.7. The van der Waals surface area contributed by atoms with Gasteiger partial charge in [-0.1, -0.05) is 25.1 Å². The van der Waals surface area contributed by atoms with Crippen molar-refractivity contribution in [2.75, 3.05) is 6.61 Å². The minimum atomic E-state index is -0.130. The normalized spacial score (nSPS) is 19.7. The maximum atomic E-state index is 14.5. The van der Waals surface area contributed by atoms with E-state index in [4.69, 9.17) is 4.74 Å². The van der Waals surface area contributed by atoms with Crippen LogP contribution in [0.15, 0.2) is 30.3 Å². The smallest absolute Gasteiger partial charge is 0.126 e. The van der Waals surface area contributed by atoms with E-state index in [1.807, 2.05) is 13.8 Å². The first kappa shape index (κ1) is 20.1. The number of benzene rings is 3. The van der Waals surface area contributed by atoms with Crippen LogP contribution in [0.3, 0.4) is 0 Å². The Balaban J connectivity index is 1.86. The summed E-state index contributed by atoms with van der Waals surface area (Å²) < 4.78 is 20.6. The van der Waals surface area contributed by atoms with E-state index in [-0.39, 0.29) is 11.9 Å². The lowest BCUT2D eigenvalue weighted by molar-refractivity contribution is -0.0123. The van der Waals surface area contributed by atoms with Crippen molar-refractivity contribution in [1.82, 2.24) is 0 Å². The number of rotatable bonds is 2. The Morgan fingerprint density at radius 1 is 0.828 bits per heavy atom. The van der Waals surface area contributed by atoms with Crippen LogP contribution in [0, 0.1) is 46.4 Å². The van der Waals surface area contributed by atoms with E-state index in [0.717, 1.165) is 35.3 Å². The fourth-order valence-corrected chi connectivity index (χ4v) is 4.93. The molecule has 1 heterocycles. The molecule has 0 amide bonds. The standard InChI is InChI=1S/C27H31FO/c1-15-7-8-25(29-14-15)21-10-17(3)26-20(6)27(18(4)11-22(26)12-21)23-9-16(2)19(5)24(28)13-23/h9-13,15,25H,7-8,14H2,1-6H3. The number of hydrogen-bond acceptors (Lipinski definition) is 1. The van der Waals surface area contributed by atoms with Gasteiger partial charge in [-0.2, -0.15) is 0 Å². The van der Waals surface area contributed by atoms with Crippen molar-refractivity contribution in [3.05, 3.63) is 69.5 Å². The van der Waals surface area contributed by atoms with Gasteiger partial charge >= 0.3 is 0 Å². The third-order valence-corrected chi connectivity index (χ3v) is 6.67. The van der Waals surface area contributed by atoms with Gasteiger partial charge in [0.1, 0.15) is 5.82 Å². The highest BCUT2D eigenvalue weighted by atomic mass is 19.1. The molecule has 0 spiro atoms. The van der Waals surface area contributed by atoms with Crippen LogP contribution in [0.25, 0.3) is 21.9 Å². The van der Waals surface area contributed by atoms with Crippen molar-refractivity contribution >= 4 is 10.8 Å². The Labute approximate surface area is 173 Å². The summed E-state index contributed by atoms with van der Waals surface area (Å²) in [5.41, 5.74) is 8.81. The van der Waals surface area contributed by atoms with Crippen molar-refractivity contribution in [2.24, 2.45) is 5.92 Å². The van der Waals surface area contributed by atoms with E-state index < -0.39 is 0 Å². The molecule has 3 aromatic carbocycles. The van der Waals surface area contributed by atoms with Crippen LogP contribution in [-0.4, -0.2) is 6.61 Å². The molecular weight excluding hydrogens is 359 g/mol. The molecule has 152 valence electrons. The summed E-state index contributed by atoms with van der Waals surface area (Å²) in [5.74, 6) is 0.521. The molecule has 1 aliphatic heterocycles. The first-order valence-electron chi connectivity index (χ1n) is 10.7. The van der Waals surface area contributed by atoms with Crippen molar-refractivity contribution < 1.29 is 9.13 Å². The predicted molar refractivity (Wildman–Crippen MR) is 120 cm³/mol. The Morgan fingerprint density at radius 3 is 2.24 bits per heavy atom. The zero-order valence-electron chi connectivity index (χ0n) is 18.4. The van der Waals surface area contributed by atoms with E-state index in [2.05, 4.69) is 52.0 Å². The lowest BCUT2D eigenvalue weighted by Gasteiger charge is -2.28. The van der Waals surface area contributed by atoms with Gasteiger partial charge in [-0.15, -0.1) is 0 Å². The van der Waals surface area contributed by atoms with Crippen molar-refractivity contribution in [2.45, 2.75) is 60.5 Å². The van der Waals surface area contributed by atoms with E-state index >= 15 is 0 Å². The number of halogens is 1. The summed E-state index contributed by atoms with van der Waals surface area (Å²) >= 11 is 0. The van der Waals surface area contributed by atoms with Gasteiger partial charge in [-0.25, -0.2) is 4.39 Å². The first-order chi connectivity index (χ1) is 13.8. The largest absolute Gasteiger partial charge is 0.373 e. The zero-order chi connectivity index (χ0) is 20.9. The van der Waals surface area contributed by atoms with Gasteiger partial charge in [0.25, 0.3) is 0 Å². The Hall–Kier alpha value is -2.19. The summed E-state index contributed by atoms with van der Waals surface area (Å²) in [6, 6.07) is 10.6. The third kappa shape index (κ3) is 3.59. The quantitative estimate of drug-likeness (QED) is 0.436. The minimum absolute atomic E-state index is 0.130. The number of aryl methyl sites for hydroxylation is 4. The van der Waals surface area contributed by atoms with Gasteiger partial charge < -0.3 is 4.74 Å². The second kappa shape index (κ2) is 7.57. The molecule has 2 heteroatoms. The molecule has 3 aromatic rings. The Kier molecular flexibility index (Phi) is 5.25. The summed E-state index contributed by atoms with van der Waals surface area (Å²) in [6.45, 7) is 13.4.